The Morgan fingerprint density at radius 3 is 2.73 bits per heavy atom. The molecule has 2 amide bonds. The van der Waals surface area contributed by atoms with Gasteiger partial charge in [-0.25, -0.2) is 9.69 Å². The van der Waals surface area contributed by atoms with Gasteiger partial charge in [-0.15, -0.1) is 0 Å². The number of ether oxygens (including phenoxy) is 1. The van der Waals surface area contributed by atoms with Crippen LogP contribution in [-0.2, 0) is 25.5 Å². The fraction of sp³-hybridized carbons (Fsp3) is 0.333. The molecule has 2 atom stereocenters. The van der Waals surface area contributed by atoms with Crippen LogP contribution in [0.2, 0.25) is 0 Å². The number of para-hydroxylation sites is 1. The van der Waals surface area contributed by atoms with E-state index in [0.717, 1.165) is 10.5 Å². The summed E-state index contributed by atoms with van der Waals surface area (Å²) < 4.78 is 4.62. The molecule has 0 spiro atoms. The number of anilines is 1. The third-order valence-electron chi connectivity index (χ3n) is 3.93. The molecule has 1 N–H and O–H groups in total. The maximum Gasteiger partial charge on any atom is 0.355 e. The number of benzene rings is 1. The molecule has 22 heavy (non-hydrogen) atoms. The van der Waals surface area contributed by atoms with Crippen LogP contribution in [0.4, 0.5) is 5.69 Å². The van der Waals surface area contributed by atoms with Gasteiger partial charge in [-0.2, -0.15) is 5.10 Å². The molecule has 0 unspecified atom stereocenters. The van der Waals surface area contributed by atoms with Gasteiger partial charge < -0.3 is 4.74 Å². The molecule has 0 radical (unpaired) electrons. The van der Waals surface area contributed by atoms with Gasteiger partial charge in [-0.1, -0.05) is 25.1 Å². The first-order valence-corrected chi connectivity index (χ1v) is 6.97. The van der Waals surface area contributed by atoms with E-state index in [2.05, 4.69) is 15.3 Å². The number of hydrazone groups is 1. The van der Waals surface area contributed by atoms with E-state index in [1.165, 1.54) is 7.11 Å². The highest BCUT2D eigenvalue weighted by atomic mass is 16.5. The number of rotatable bonds is 3. The van der Waals surface area contributed by atoms with Crippen LogP contribution in [0.25, 0.3) is 0 Å². The Morgan fingerprint density at radius 1 is 1.32 bits per heavy atom. The molecular formula is C15H15N3O4. The zero-order valence-electron chi connectivity index (χ0n) is 12.2. The zero-order valence-corrected chi connectivity index (χ0v) is 12.2. The summed E-state index contributed by atoms with van der Waals surface area (Å²) in [4.78, 5) is 38.1. The van der Waals surface area contributed by atoms with Crippen molar-refractivity contribution in [2.45, 2.75) is 19.4 Å². The Labute approximate surface area is 126 Å². The van der Waals surface area contributed by atoms with Crippen LogP contribution in [0.15, 0.2) is 29.4 Å². The number of hydrogen-bond donors (Lipinski definition) is 1. The van der Waals surface area contributed by atoms with Crippen LogP contribution in [0.3, 0.4) is 0 Å². The molecule has 2 aliphatic heterocycles. The standard InChI is InChI=1S/C15H15N3O4/c1-3-8-6-4-5-7-9(8)18-13(19)10-11(14(18)20)16-17-12(10)15(21)22-2/h4-7,10-11,16H,3H2,1-2H3/t10-,11-/m0/s1. The minimum atomic E-state index is -0.926. The van der Waals surface area contributed by atoms with E-state index in [1.807, 2.05) is 19.1 Å². The van der Waals surface area contributed by atoms with Crippen molar-refractivity contribution in [1.82, 2.24) is 5.43 Å². The van der Waals surface area contributed by atoms with Crippen LogP contribution in [0.1, 0.15) is 12.5 Å². The average molecular weight is 301 g/mol. The number of amides is 2. The molecule has 1 aromatic carbocycles. The van der Waals surface area contributed by atoms with E-state index in [9.17, 15) is 14.4 Å². The van der Waals surface area contributed by atoms with Crippen LogP contribution >= 0.6 is 0 Å². The average Bonchev–Trinajstić information content (AvgIpc) is 3.08. The smallest absolute Gasteiger partial charge is 0.355 e. The van der Waals surface area contributed by atoms with Crippen molar-refractivity contribution in [2.75, 3.05) is 12.0 Å². The van der Waals surface area contributed by atoms with Gasteiger partial charge in [0, 0.05) is 0 Å². The van der Waals surface area contributed by atoms with E-state index >= 15 is 0 Å². The third-order valence-corrected chi connectivity index (χ3v) is 3.93. The molecule has 114 valence electrons. The summed E-state index contributed by atoms with van der Waals surface area (Å²) in [5.41, 5.74) is 3.97. The minimum absolute atomic E-state index is 0.0534. The second-order valence-corrected chi connectivity index (χ2v) is 5.07. The van der Waals surface area contributed by atoms with Crippen LogP contribution < -0.4 is 10.3 Å². The fourth-order valence-corrected chi connectivity index (χ4v) is 2.83. The maximum atomic E-state index is 12.7. The van der Waals surface area contributed by atoms with E-state index < -0.39 is 29.7 Å². The fourth-order valence-electron chi connectivity index (χ4n) is 2.83. The molecular weight excluding hydrogens is 286 g/mol. The molecule has 2 aliphatic rings. The molecule has 1 saturated heterocycles. The Balaban J connectivity index is 2.00. The molecule has 0 aromatic heterocycles. The third kappa shape index (κ3) is 1.89. The highest BCUT2D eigenvalue weighted by Gasteiger charge is 2.55. The van der Waals surface area contributed by atoms with Crippen LogP contribution in [0.5, 0.6) is 0 Å². The Bertz CT molecular complexity index is 698. The summed E-state index contributed by atoms with van der Waals surface area (Å²) in [6.45, 7) is 1.95. The van der Waals surface area contributed by atoms with Crippen LogP contribution in [-0.4, -0.2) is 36.6 Å². The van der Waals surface area contributed by atoms with Gasteiger partial charge in [-0.05, 0) is 18.1 Å². The van der Waals surface area contributed by atoms with Gasteiger partial charge in [-0.3, -0.25) is 15.0 Å². The van der Waals surface area contributed by atoms with Crippen molar-refractivity contribution in [3.63, 3.8) is 0 Å². The molecule has 1 aromatic rings. The lowest BCUT2D eigenvalue weighted by Crippen LogP contribution is -2.36. The quantitative estimate of drug-likeness (QED) is 0.638. The second kappa shape index (κ2) is 5.25. The SMILES string of the molecule is CCc1ccccc1N1C(=O)[C@@H]2C(C(=O)OC)=NN[C@@H]2C1=O. The number of esters is 1. The highest BCUT2D eigenvalue weighted by Crippen LogP contribution is 2.32. The summed E-state index contributed by atoms with van der Waals surface area (Å²) in [5, 5.41) is 3.79. The van der Waals surface area contributed by atoms with Gasteiger partial charge in [0.1, 0.15) is 12.0 Å². The van der Waals surface area contributed by atoms with E-state index in [0.29, 0.717) is 12.1 Å². The number of fused-ring (bicyclic) bond motifs is 1. The molecule has 7 nitrogen and oxygen atoms in total. The lowest BCUT2D eigenvalue weighted by molar-refractivity contribution is -0.133. The molecule has 1 fully saturated rings. The molecule has 3 rings (SSSR count). The molecule has 0 saturated carbocycles. The lowest BCUT2D eigenvalue weighted by atomic mass is 9.99. The van der Waals surface area contributed by atoms with E-state index in [4.69, 9.17) is 0 Å². The summed E-state index contributed by atoms with van der Waals surface area (Å²) in [6.07, 6.45) is 0.688. The first kappa shape index (κ1) is 14.2. The van der Waals surface area contributed by atoms with Gasteiger partial charge in [0.25, 0.3) is 5.91 Å². The number of imide groups is 1. The monoisotopic (exact) mass is 301 g/mol. The predicted octanol–water partition coefficient (Wildman–Crippen LogP) is 0.239. The van der Waals surface area contributed by atoms with Gasteiger partial charge in [0.15, 0.2) is 5.71 Å². The summed E-state index contributed by atoms with van der Waals surface area (Å²) >= 11 is 0. The van der Waals surface area contributed by atoms with Gasteiger partial charge in [0.05, 0.1) is 12.8 Å². The van der Waals surface area contributed by atoms with Gasteiger partial charge >= 0.3 is 5.97 Å². The lowest BCUT2D eigenvalue weighted by Gasteiger charge is -2.18. The Kier molecular flexibility index (Phi) is 3.40. The number of carbonyl (C=O) groups is 3. The topological polar surface area (TPSA) is 88.1 Å². The van der Waals surface area contributed by atoms with Gasteiger partial charge in [0.2, 0.25) is 5.91 Å². The normalized spacial score (nSPS) is 23.2. The van der Waals surface area contributed by atoms with E-state index in [-0.39, 0.29) is 5.71 Å². The maximum absolute atomic E-state index is 12.7. The Morgan fingerprint density at radius 2 is 2.05 bits per heavy atom. The summed E-state index contributed by atoms with van der Waals surface area (Å²) in [7, 11) is 1.21. The number of hydrogen-bond acceptors (Lipinski definition) is 6. The first-order chi connectivity index (χ1) is 10.6. The molecule has 7 heteroatoms. The minimum Gasteiger partial charge on any atom is -0.464 e. The number of nitrogens with one attached hydrogen (secondary N) is 1. The van der Waals surface area contributed by atoms with E-state index in [1.54, 1.807) is 12.1 Å². The summed E-state index contributed by atoms with van der Waals surface area (Å²) in [5.74, 6) is -2.49. The molecule has 0 aliphatic carbocycles. The molecule has 0 bridgehead atoms. The predicted molar refractivity (Wildman–Crippen MR) is 78.2 cm³/mol. The summed E-state index contributed by atoms with van der Waals surface area (Å²) in [6, 6.07) is 6.38. The second-order valence-electron chi connectivity index (χ2n) is 5.07. The highest BCUT2D eigenvalue weighted by molar-refractivity contribution is 6.46. The van der Waals surface area contributed by atoms with Crippen molar-refractivity contribution in [1.29, 1.82) is 0 Å². The molecule has 2 heterocycles. The zero-order chi connectivity index (χ0) is 15.9. The van der Waals surface area contributed by atoms with Crippen LogP contribution in [0, 0.1) is 5.92 Å². The van der Waals surface area contributed by atoms with Crippen molar-refractivity contribution in [3.8, 4) is 0 Å². The Hall–Kier alpha value is -2.70. The van der Waals surface area contributed by atoms with Crippen molar-refractivity contribution >= 4 is 29.2 Å². The van der Waals surface area contributed by atoms with Crippen molar-refractivity contribution in [3.05, 3.63) is 29.8 Å². The first-order valence-electron chi connectivity index (χ1n) is 6.97. The number of nitrogens with zero attached hydrogens (tertiary/aromatic N) is 2. The van der Waals surface area contributed by atoms with Crippen molar-refractivity contribution in [2.24, 2.45) is 11.0 Å². The number of aryl methyl sites for hydroxylation is 1. The number of methoxy groups -OCH3 is 1. The largest absolute Gasteiger partial charge is 0.464 e. The van der Waals surface area contributed by atoms with Crippen molar-refractivity contribution < 1.29 is 19.1 Å². The number of carbonyl (C=O) groups excluding carboxylic acids is 3.